The SMILES string of the molecule is CN1C2CC(F)(C2)C1CON. The topological polar surface area (TPSA) is 38.5 Å². The summed E-state index contributed by atoms with van der Waals surface area (Å²) in [6.45, 7) is 0.309. The molecule has 4 heteroatoms. The standard InChI is InChI=1S/C7H13FN2O/c1-10-5-2-7(8,3-5)6(10)4-11-9/h5-6H,2-4,9H2,1H3. The molecule has 1 saturated carbocycles. The van der Waals surface area contributed by atoms with Gasteiger partial charge in [-0.1, -0.05) is 0 Å². The van der Waals surface area contributed by atoms with Gasteiger partial charge in [0.05, 0.1) is 12.6 Å². The molecule has 1 unspecified atom stereocenters. The molecule has 3 nitrogen and oxygen atoms in total. The second kappa shape index (κ2) is 2.15. The fraction of sp³-hybridized carbons (Fsp3) is 1.00. The van der Waals surface area contributed by atoms with Crippen molar-refractivity contribution >= 4 is 0 Å². The van der Waals surface area contributed by atoms with Gasteiger partial charge in [0.1, 0.15) is 5.67 Å². The Hall–Kier alpha value is -0.190. The third-order valence-electron chi connectivity index (χ3n) is 3.07. The summed E-state index contributed by atoms with van der Waals surface area (Å²) in [6, 6.07) is 0.317. The number of hydrogen-bond acceptors (Lipinski definition) is 3. The molecule has 3 rings (SSSR count). The third-order valence-corrected chi connectivity index (χ3v) is 3.07. The second-order valence-electron chi connectivity index (χ2n) is 3.61. The smallest absolute Gasteiger partial charge is 0.131 e. The summed E-state index contributed by atoms with van der Waals surface area (Å²) in [6.07, 6.45) is 1.33. The lowest BCUT2D eigenvalue weighted by atomic mass is 9.80. The number of alkyl halides is 1. The van der Waals surface area contributed by atoms with E-state index < -0.39 is 5.67 Å². The Morgan fingerprint density at radius 3 is 2.73 bits per heavy atom. The van der Waals surface area contributed by atoms with Crippen LogP contribution in [0, 0.1) is 0 Å². The van der Waals surface area contributed by atoms with Gasteiger partial charge < -0.3 is 4.84 Å². The molecule has 11 heavy (non-hydrogen) atoms. The molecular weight excluding hydrogens is 147 g/mol. The van der Waals surface area contributed by atoms with Crippen molar-refractivity contribution in [1.82, 2.24) is 4.90 Å². The molecule has 0 aromatic heterocycles. The molecule has 2 saturated heterocycles. The van der Waals surface area contributed by atoms with Crippen molar-refractivity contribution in [2.45, 2.75) is 30.6 Å². The van der Waals surface area contributed by atoms with Crippen LogP contribution in [0.5, 0.6) is 0 Å². The maximum atomic E-state index is 13.6. The molecular formula is C7H13FN2O. The Balaban J connectivity index is 2.07. The normalized spacial score (nSPS) is 49.4. The summed E-state index contributed by atoms with van der Waals surface area (Å²) >= 11 is 0. The predicted octanol–water partition coefficient (Wildman–Crippen LogP) is 0.0614. The van der Waals surface area contributed by atoms with Crippen molar-refractivity contribution in [3.05, 3.63) is 0 Å². The van der Waals surface area contributed by atoms with Gasteiger partial charge in [-0.15, -0.1) is 0 Å². The molecule has 0 radical (unpaired) electrons. The van der Waals surface area contributed by atoms with Crippen LogP contribution in [0.15, 0.2) is 0 Å². The van der Waals surface area contributed by atoms with Gasteiger partial charge >= 0.3 is 0 Å². The zero-order chi connectivity index (χ0) is 8.06. The summed E-state index contributed by atoms with van der Waals surface area (Å²) in [5.74, 6) is 4.92. The summed E-state index contributed by atoms with van der Waals surface area (Å²) in [4.78, 5) is 6.51. The number of halogens is 1. The van der Waals surface area contributed by atoms with E-state index in [2.05, 4.69) is 4.84 Å². The van der Waals surface area contributed by atoms with Crippen LogP contribution in [0.25, 0.3) is 0 Å². The van der Waals surface area contributed by atoms with Crippen LogP contribution >= 0.6 is 0 Å². The number of fused-ring (bicyclic) bond motifs is 1. The van der Waals surface area contributed by atoms with Crippen molar-refractivity contribution in [2.24, 2.45) is 5.90 Å². The molecule has 2 aliphatic heterocycles. The van der Waals surface area contributed by atoms with Crippen LogP contribution < -0.4 is 5.90 Å². The average molecular weight is 160 g/mol. The Labute approximate surface area is 65.3 Å². The minimum Gasteiger partial charge on any atom is -0.303 e. The highest BCUT2D eigenvalue weighted by Crippen LogP contribution is 2.51. The lowest BCUT2D eigenvalue weighted by molar-refractivity contribution is 0.0313. The minimum atomic E-state index is -1.00. The molecule has 2 heterocycles. The first kappa shape index (κ1) is 7.46. The highest BCUT2D eigenvalue weighted by atomic mass is 19.1. The largest absolute Gasteiger partial charge is 0.303 e. The van der Waals surface area contributed by atoms with Crippen LogP contribution in [-0.2, 0) is 4.84 Å². The summed E-state index contributed by atoms with van der Waals surface area (Å²) in [5.41, 5.74) is -1.00. The molecule has 0 amide bonds. The zero-order valence-corrected chi connectivity index (χ0v) is 6.59. The Kier molecular flexibility index (Phi) is 1.46. The fourth-order valence-electron chi connectivity index (χ4n) is 2.26. The van der Waals surface area contributed by atoms with Crippen LogP contribution in [-0.4, -0.2) is 36.3 Å². The predicted molar refractivity (Wildman–Crippen MR) is 38.6 cm³/mol. The first-order chi connectivity index (χ1) is 5.17. The van der Waals surface area contributed by atoms with Crippen LogP contribution in [0.4, 0.5) is 4.39 Å². The summed E-state index contributed by atoms with van der Waals surface area (Å²) < 4.78 is 13.6. The number of rotatable bonds is 2. The van der Waals surface area contributed by atoms with E-state index in [-0.39, 0.29) is 6.04 Å². The van der Waals surface area contributed by atoms with Gasteiger partial charge in [0.2, 0.25) is 0 Å². The van der Waals surface area contributed by atoms with E-state index in [9.17, 15) is 4.39 Å². The quantitative estimate of drug-likeness (QED) is 0.580. The van der Waals surface area contributed by atoms with Gasteiger partial charge in [0.25, 0.3) is 0 Å². The van der Waals surface area contributed by atoms with E-state index in [0.29, 0.717) is 25.5 Å². The van der Waals surface area contributed by atoms with Crippen LogP contribution in [0.2, 0.25) is 0 Å². The van der Waals surface area contributed by atoms with Crippen molar-refractivity contribution in [2.75, 3.05) is 13.7 Å². The first-order valence-corrected chi connectivity index (χ1v) is 3.90. The Morgan fingerprint density at radius 1 is 1.73 bits per heavy atom. The fourth-order valence-corrected chi connectivity index (χ4v) is 2.26. The van der Waals surface area contributed by atoms with Crippen molar-refractivity contribution in [3.8, 4) is 0 Å². The van der Waals surface area contributed by atoms with Gasteiger partial charge in [-0.05, 0) is 19.9 Å². The second-order valence-corrected chi connectivity index (χ2v) is 3.61. The molecule has 3 fully saturated rings. The summed E-state index contributed by atoms with van der Waals surface area (Å²) in [5, 5.41) is 0. The highest BCUT2D eigenvalue weighted by Gasteiger charge is 2.61. The van der Waals surface area contributed by atoms with E-state index >= 15 is 0 Å². The molecule has 2 bridgehead atoms. The van der Waals surface area contributed by atoms with E-state index in [1.54, 1.807) is 0 Å². The molecule has 0 aromatic rings. The number of hydrogen-bond donors (Lipinski definition) is 1. The van der Waals surface area contributed by atoms with E-state index in [0.717, 1.165) is 0 Å². The lowest BCUT2D eigenvalue weighted by Crippen LogP contribution is -2.42. The van der Waals surface area contributed by atoms with Crippen molar-refractivity contribution in [1.29, 1.82) is 0 Å². The number of nitrogens with two attached hydrogens (primary N) is 1. The number of likely N-dealkylation sites (N-methyl/N-ethyl adjacent to an activating group) is 1. The number of nitrogens with zero attached hydrogens (tertiary/aromatic N) is 1. The van der Waals surface area contributed by atoms with Crippen LogP contribution in [0.1, 0.15) is 12.8 Å². The van der Waals surface area contributed by atoms with Crippen LogP contribution in [0.3, 0.4) is 0 Å². The van der Waals surface area contributed by atoms with Gasteiger partial charge in [-0.3, -0.25) is 4.90 Å². The molecule has 0 spiro atoms. The van der Waals surface area contributed by atoms with E-state index in [1.165, 1.54) is 0 Å². The first-order valence-electron chi connectivity index (χ1n) is 3.90. The van der Waals surface area contributed by atoms with Crippen molar-refractivity contribution < 1.29 is 9.23 Å². The highest BCUT2D eigenvalue weighted by molar-refractivity contribution is 5.15. The molecule has 1 atom stereocenters. The van der Waals surface area contributed by atoms with Gasteiger partial charge in [-0.25, -0.2) is 10.3 Å². The molecule has 2 N–H and O–H groups in total. The third kappa shape index (κ3) is 0.832. The molecule has 0 aromatic carbocycles. The minimum absolute atomic E-state index is 0.113. The van der Waals surface area contributed by atoms with Gasteiger partial charge in [0.15, 0.2) is 0 Å². The monoisotopic (exact) mass is 160 g/mol. The van der Waals surface area contributed by atoms with E-state index in [1.807, 2.05) is 11.9 Å². The maximum absolute atomic E-state index is 13.6. The van der Waals surface area contributed by atoms with Gasteiger partial charge in [-0.2, -0.15) is 0 Å². The van der Waals surface area contributed by atoms with E-state index in [4.69, 9.17) is 5.90 Å². The molecule has 1 aliphatic carbocycles. The van der Waals surface area contributed by atoms with Gasteiger partial charge in [0, 0.05) is 6.04 Å². The van der Waals surface area contributed by atoms with Crippen molar-refractivity contribution in [3.63, 3.8) is 0 Å². The molecule has 3 aliphatic rings. The lowest BCUT2D eigenvalue weighted by Gasteiger charge is -2.30. The Bertz CT molecular complexity index is 170. The molecule has 64 valence electrons. The Morgan fingerprint density at radius 2 is 2.36 bits per heavy atom. The zero-order valence-electron chi connectivity index (χ0n) is 6.59. The maximum Gasteiger partial charge on any atom is 0.131 e. The summed E-state index contributed by atoms with van der Waals surface area (Å²) in [7, 11) is 1.93. The average Bonchev–Trinajstić information content (AvgIpc) is 2.22.